The lowest BCUT2D eigenvalue weighted by molar-refractivity contribution is 0.0691. The van der Waals surface area contributed by atoms with Crippen molar-refractivity contribution in [1.29, 1.82) is 0 Å². The summed E-state index contributed by atoms with van der Waals surface area (Å²) in [7, 11) is 0. The molecule has 0 saturated heterocycles. The molecule has 2 N–H and O–H groups in total. The highest BCUT2D eigenvalue weighted by Gasteiger charge is 2.07. The van der Waals surface area contributed by atoms with Crippen LogP contribution >= 0.6 is 11.8 Å². The summed E-state index contributed by atoms with van der Waals surface area (Å²) in [6, 6.07) is 0. The summed E-state index contributed by atoms with van der Waals surface area (Å²) in [4.78, 5) is 17.2. The van der Waals surface area contributed by atoms with Gasteiger partial charge in [0.05, 0.1) is 11.9 Å². The van der Waals surface area contributed by atoms with Crippen molar-refractivity contribution in [3.8, 4) is 0 Å². The van der Waals surface area contributed by atoms with E-state index in [0.29, 0.717) is 5.25 Å². The number of aromatic nitrogens is 2. The molecule has 0 amide bonds. The van der Waals surface area contributed by atoms with Gasteiger partial charge in [-0.25, -0.2) is 9.78 Å². The molecule has 1 rings (SSSR count). The first-order valence-electron chi connectivity index (χ1n) is 3.98. The highest BCUT2D eigenvalue weighted by atomic mass is 32.2. The minimum absolute atomic E-state index is 0.152. The third-order valence-corrected chi connectivity index (χ3v) is 2.52. The van der Waals surface area contributed by atoms with Gasteiger partial charge >= 0.3 is 5.97 Å². The Morgan fingerprint density at radius 2 is 2.46 bits per heavy atom. The van der Waals surface area contributed by atoms with E-state index in [2.05, 4.69) is 23.8 Å². The van der Waals surface area contributed by atoms with Gasteiger partial charge in [-0.2, -0.15) is 11.8 Å². The predicted molar refractivity (Wildman–Crippen MR) is 52.0 cm³/mol. The number of nitrogens with zero attached hydrogens (tertiary/aromatic N) is 1. The van der Waals surface area contributed by atoms with Crippen molar-refractivity contribution < 1.29 is 9.90 Å². The van der Waals surface area contributed by atoms with Gasteiger partial charge in [-0.05, 0) is 5.25 Å². The van der Waals surface area contributed by atoms with E-state index in [0.717, 1.165) is 11.6 Å². The molecule has 72 valence electrons. The number of H-pyrrole nitrogens is 1. The van der Waals surface area contributed by atoms with E-state index in [1.54, 1.807) is 11.8 Å². The summed E-state index contributed by atoms with van der Waals surface area (Å²) >= 11 is 1.72. The molecule has 1 aromatic heterocycles. The number of hydrogen-bond acceptors (Lipinski definition) is 3. The molecule has 5 heteroatoms. The van der Waals surface area contributed by atoms with E-state index in [-0.39, 0.29) is 5.69 Å². The molecule has 0 aliphatic rings. The van der Waals surface area contributed by atoms with Gasteiger partial charge in [-0.1, -0.05) is 13.8 Å². The summed E-state index contributed by atoms with van der Waals surface area (Å²) in [6.45, 7) is 4.18. The van der Waals surface area contributed by atoms with Crippen molar-refractivity contribution in [2.45, 2.75) is 24.9 Å². The van der Waals surface area contributed by atoms with Crippen molar-refractivity contribution in [2.24, 2.45) is 0 Å². The number of thioether (sulfide) groups is 1. The monoisotopic (exact) mass is 200 g/mol. The molecule has 0 spiro atoms. The molecule has 0 bridgehead atoms. The van der Waals surface area contributed by atoms with Crippen LogP contribution in [0.3, 0.4) is 0 Å². The maximum Gasteiger partial charge on any atom is 0.353 e. The third kappa shape index (κ3) is 3.10. The van der Waals surface area contributed by atoms with Crippen LogP contribution in [-0.4, -0.2) is 26.3 Å². The molecule has 0 aliphatic carbocycles. The number of imidazole rings is 1. The second-order valence-electron chi connectivity index (χ2n) is 2.91. The van der Waals surface area contributed by atoms with E-state index in [4.69, 9.17) is 5.11 Å². The van der Waals surface area contributed by atoms with Gasteiger partial charge in [-0.15, -0.1) is 0 Å². The van der Waals surface area contributed by atoms with Crippen LogP contribution in [0.1, 0.15) is 30.2 Å². The molecule has 0 aromatic carbocycles. The fraction of sp³-hybridized carbons (Fsp3) is 0.500. The largest absolute Gasteiger partial charge is 0.477 e. The minimum Gasteiger partial charge on any atom is -0.477 e. The Balaban J connectivity index is 2.54. The maximum atomic E-state index is 10.5. The second kappa shape index (κ2) is 4.32. The first-order valence-corrected chi connectivity index (χ1v) is 5.03. The summed E-state index contributed by atoms with van der Waals surface area (Å²) in [5, 5.41) is 9.12. The highest BCUT2D eigenvalue weighted by Crippen LogP contribution is 2.14. The SMILES string of the molecule is CC(C)SCc1ncc(C(=O)O)[nH]1. The first-order chi connectivity index (χ1) is 6.09. The summed E-state index contributed by atoms with van der Waals surface area (Å²) in [5.41, 5.74) is 0.152. The van der Waals surface area contributed by atoms with E-state index in [1.165, 1.54) is 6.20 Å². The normalized spacial score (nSPS) is 10.7. The zero-order chi connectivity index (χ0) is 9.84. The van der Waals surface area contributed by atoms with Crippen LogP contribution in [0.15, 0.2) is 6.20 Å². The van der Waals surface area contributed by atoms with Crippen LogP contribution < -0.4 is 0 Å². The molecule has 0 aliphatic heterocycles. The molecule has 0 radical (unpaired) electrons. The van der Waals surface area contributed by atoms with Crippen LogP contribution in [0.5, 0.6) is 0 Å². The lowest BCUT2D eigenvalue weighted by Gasteiger charge is -2.00. The van der Waals surface area contributed by atoms with Gasteiger partial charge in [0.15, 0.2) is 0 Å². The number of aromatic carboxylic acids is 1. The van der Waals surface area contributed by atoms with Gasteiger partial charge in [-0.3, -0.25) is 0 Å². The lowest BCUT2D eigenvalue weighted by Crippen LogP contribution is -1.96. The summed E-state index contributed by atoms with van der Waals surface area (Å²) in [5.74, 6) is 0.481. The fourth-order valence-electron chi connectivity index (χ4n) is 0.790. The molecule has 4 nitrogen and oxygen atoms in total. The van der Waals surface area contributed by atoms with Gasteiger partial charge in [0, 0.05) is 0 Å². The zero-order valence-corrected chi connectivity index (χ0v) is 8.39. The summed E-state index contributed by atoms with van der Waals surface area (Å²) in [6.07, 6.45) is 1.35. The molecule has 1 aromatic rings. The number of carboxylic acids is 1. The molecule has 13 heavy (non-hydrogen) atoms. The molecular formula is C8H12N2O2S. The number of rotatable bonds is 4. The van der Waals surface area contributed by atoms with Crippen LogP contribution in [0.4, 0.5) is 0 Å². The van der Waals surface area contributed by atoms with Crippen molar-refractivity contribution in [2.75, 3.05) is 0 Å². The Morgan fingerprint density at radius 1 is 1.77 bits per heavy atom. The Bertz CT molecular complexity index is 296. The molecular weight excluding hydrogens is 188 g/mol. The topological polar surface area (TPSA) is 66.0 Å². The Morgan fingerprint density at radius 3 is 2.92 bits per heavy atom. The van der Waals surface area contributed by atoms with Crippen LogP contribution in [0, 0.1) is 0 Å². The van der Waals surface area contributed by atoms with E-state index in [1.807, 2.05) is 0 Å². The van der Waals surface area contributed by atoms with Crippen LogP contribution in [0.25, 0.3) is 0 Å². The minimum atomic E-state index is -0.965. The Labute approximate surface area is 80.8 Å². The van der Waals surface area contributed by atoms with Crippen LogP contribution in [0.2, 0.25) is 0 Å². The molecule has 0 fully saturated rings. The molecule has 0 atom stereocenters. The average molecular weight is 200 g/mol. The Kier molecular flexibility index (Phi) is 3.36. The number of carboxylic acid groups (broad SMARTS) is 1. The van der Waals surface area contributed by atoms with Crippen LogP contribution in [-0.2, 0) is 5.75 Å². The van der Waals surface area contributed by atoms with Gasteiger partial charge in [0.2, 0.25) is 0 Å². The number of carbonyl (C=O) groups is 1. The highest BCUT2D eigenvalue weighted by molar-refractivity contribution is 7.99. The molecule has 0 unspecified atom stereocenters. The number of hydrogen-bond donors (Lipinski definition) is 2. The van der Waals surface area contributed by atoms with Gasteiger partial charge in [0.1, 0.15) is 11.5 Å². The van der Waals surface area contributed by atoms with Crippen molar-refractivity contribution in [1.82, 2.24) is 9.97 Å². The molecule has 1 heterocycles. The second-order valence-corrected chi connectivity index (χ2v) is 4.47. The summed E-state index contributed by atoms with van der Waals surface area (Å²) < 4.78 is 0. The number of aromatic amines is 1. The fourth-order valence-corrected chi connectivity index (χ4v) is 1.43. The third-order valence-electron chi connectivity index (χ3n) is 1.41. The van der Waals surface area contributed by atoms with Gasteiger partial charge in [0.25, 0.3) is 0 Å². The van der Waals surface area contributed by atoms with E-state index < -0.39 is 5.97 Å². The standard InChI is InChI=1S/C8H12N2O2S/c1-5(2)13-4-7-9-3-6(10-7)8(11)12/h3,5H,4H2,1-2H3,(H,9,10)(H,11,12). The van der Waals surface area contributed by atoms with E-state index in [9.17, 15) is 4.79 Å². The maximum absolute atomic E-state index is 10.5. The molecule has 0 saturated carbocycles. The Hall–Kier alpha value is -0.970. The zero-order valence-electron chi connectivity index (χ0n) is 7.57. The van der Waals surface area contributed by atoms with Crippen molar-refractivity contribution in [3.05, 3.63) is 17.7 Å². The van der Waals surface area contributed by atoms with Crippen molar-refractivity contribution >= 4 is 17.7 Å². The quantitative estimate of drug-likeness (QED) is 0.777. The van der Waals surface area contributed by atoms with Crippen molar-refractivity contribution in [3.63, 3.8) is 0 Å². The lowest BCUT2D eigenvalue weighted by atomic mass is 10.5. The van der Waals surface area contributed by atoms with Gasteiger partial charge < -0.3 is 10.1 Å². The number of nitrogens with one attached hydrogen (secondary N) is 1. The van der Waals surface area contributed by atoms with E-state index >= 15 is 0 Å². The first kappa shape index (κ1) is 10.1. The average Bonchev–Trinajstić information content (AvgIpc) is 2.48. The predicted octanol–water partition coefficient (Wildman–Crippen LogP) is 1.75. The smallest absolute Gasteiger partial charge is 0.353 e.